The van der Waals surface area contributed by atoms with E-state index in [2.05, 4.69) is 10.6 Å². The molecule has 1 atom stereocenters. The average molecular weight is 389 g/mol. The second kappa shape index (κ2) is 8.30. The second-order valence-corrected chi connectivity index (χ2v) is 7.28. The number of ether oxygens (including phenoxy) is 1. The number of thioether (sulfide) groups is 1. The van der Waals surface area contributed by atoms with Gasteiger partial charge in [0, 0.05) is 16.3 Å². The molecule has 4 N–H and O–H groups in total. The molecule has 27 heavy (non-hydrogen) atoms. The lowest BCUT2D eigenvalue weighted by Crippen LogP contribution is -2.34. The number of amides is 3. The largest absolute Gasteiger partial charge is 0.484 e. The quantitative estimate of drug-likeness (QED) is 0.731. The van der Waals surface area contributed by atoms with E-state index in [1.165, 1.54) is 17.8 Å². The van der Waals surface area contributed by atoms with E-state index in [1.54, 1.807) is 24.3 Å². The van der Waals surface area contributed by atoms with Crippen LogP contribution in [0, 0.1) is 12.7 Å². The van der Waals surface area contributed by atoms with Crippen molar-refractivity contribution in [2.24, 2.45) is 5.73 Å². The zero-order valence-electron chi connectivity index (χ0n) is 14.8. The van der Waals surface area contributed by atoms with E-state index in [0.717, 1.165) is 23.3 Å². The van der Waals surface area contributed by atoms with Gasteiger partial charge in [0.25, 0.3) is 5.91 Å². The van der Waals surface area contributed by atoms with Crippen molar-refractivity contribution in [2.75, 3.05) is 17.7 Å². The molecule has 0 saturated carbocycles. The van der Waals surface area contributed by atoms with Crippen molar-refractivity contribution in [3.05, 3.63) is 53.3 Å². The maximum Gasteiger partial charge on any atom is 0.319 e. The Morgan fingerprint density at radius 1 is 1.33 bits per heavy atom. The Kier molecular flexibility index (Phi) is 5.85. The number of benzene rings is 2. The smallest absolute Gasteiger partial charge is 0.319 e. The van der Waals surface area contributed by atoms with Gasteiger partial charge in [0.2, 0.25) is 0 Å². The number of carbonyl (C=O) groups is 2. The van der Waals surface area contributed by atoms with Crippen molar-refractivity contribution >= 4 is 29.4 Å². The summed E-state index contributed by atoms with van der Waals surface area (Å²) in [6.07, 6.45) is 0.730. The molecule has 1 aliphatic rings. The molecule has 0 fully saturated rings. The number of urea groups is 1. The summed E-state index contributed by atoms with van der Waals surface area (Å²) in [6.45, 7) is 1.61. The minimum absolute atomic E-state index is 0.206. The molecule has 142 valence electrons. The van der Waals surface area contributed by atoms with Crippen LogP contribution in [-0.2, 0) is 4.79 Å². The number of anilines is 1. The van der Waals surface area contributed by atoms with Gasteiger partial charge >= 0.3 is 6.03 Å². The molecule has 3 amide bonds. The first-order valence-electron chi connectivity index (χ1n) is 8.44. The van der Waals surface area contributed by atoms with Crippen molar-refractivity contribution in [1.82, 2.24) is 5.32 Å². The molecular formula is C19H20FN3O3S. The van der Waals surface area contributed by atoms with Crippen LogP contribution in [0.5, 0.6) is 5.75 Å². The third kappa shape index (κ3) is 4.71. The molecule has 2 aromatic carbocycles. The first-order valence-corrected chi connectivity index (χ1v) is 9.43. The number of hydrogen-bond acceptors (Lipinski definition) is 4. The van der Waals surface area contributed by atoms with Crippen molar-refractivity contribution in [1.29, 1.82) is 0 Å². The standard InChI is InChI=1S/C19H20FN3O3S/c1-11-9-12(26-10-17(21)24)5-6-15(11)22-19(25)23-16-7-8-27-18-13(16)3-2-4-14(18)20/h2-6,9,16H,7-8,10H2,1H3,(H2,21,24)(H2,22,23,25)/t16-/m1/s1. The van der Waals surface area contributed by atoms with Gasteiger partial charge in [0.05, 0.1) is 6.04 Å². The lowest BCUT2D eigenvalue weighted by molar-refractivity contribution is -0.119. The third-order valence-electron chi connectivity index (χ3n) is 4.16. The van der Waals surface area contributed by atoms with E-state index in [0.29, 0.717) is 16.3 Å². The molecule has 1 aliphatic heterocycles. The molecular weight excluding hydrogens is 369 g/mol. The normalized spacial score (nSPS) is 15.6. The van der Waals surface area contributed by atoms with Gasteiger partial charge in [-0.1, -0.05) is 12.1 Å². The predicted molar refractivity (Wildman–Crippen MR) is 103 cm³/mol. The summed E-state index contributed by atoms with van der Waals surface area (Å²) in [5, 5.41) is 5.71. The Balaban J connectivity index is 1.65. The molecule has 0 aromatic heterocycles. The third-order valence-corrected chi connectivity index (χ3v) is 5.32. The monoisotopic (exact) mass is 389 g/mol. The highest BCUT2D eigenvalue weighted by atomic mass is 32.2. The van der Waals surface area contributed by atoms with Gasteiger partial charge in [-0.2, -0.15) is 0 Å². The maximum atomic E-state index is 13.9. The van der Waals surface area contributed by atoms with Gasteiger partial charge < -0.3 is 21.1 Å². The first-order chi connectivity index (χ1) is 12.9. The zero-order valence-corrected chi connectivity index (χ0v) is 15.6. The molecule has 1 heterocycles. The first kappa shape index (κ1) is 19.0. The fourth-order valence-corrected chi connectivity index (χ4v) is 4.01. The highest BCUT2D eigenvalue weighted by Crippen LogP contribution is 2.37. The molecule has 8 heteroatoms. The van der Waals surface area contributed by atoms with Gasteiger partial charge in [-0.05, 0) is 48.7 Å². The Hall–Kier alpha value is -2.74. The van der Waals surface area contributed by atoms with Gasteiger partial charge in [-0.15, -0.1) is 11.8 Å². The van der Waals surface area contributed by atoms with Crippen LogP contribution < -0.4 is 21.1 Å². The van der Waals surface area contributed by atoms with Crippen LogP contribution >= 0.6 is 11.8 Å². The Morgan fingerprint density at radius 2 is 2.15 bits per heavy atom. The number of halogens is 1. The summed E-state index contributed by atoms with van der Waals surface area (Å²) in [7, 11) is 0. The predicted octanol–water partition coefficient (Wildman–Crippen LogP) is 3.36. The Morgan fingerprint density at radius 3 is 2.89 bits per heavy atom. The number of nitrogens with one attached hydrogen (secondary N) is 2. The second-order valence-electron chi connectivity index (χ2n) is 6.18. The van der Waals surface area contributed by atoms with E-state index in [-0.39, 0.29) is 24.5 Å². The highest BCUT2D eigenvalue weighted by molar-refractivity contribution is 7.99. The lowest BCUT2D eigenvalue weighted by atomic mass is 10.0. The summed E-state index contributed by atoms with van der Waals surface area (Å²) in [4.78, 5) is 23.8. The van der Waals surface area contributed by atoms with E-state index in [9.17, 15) is 14.0 Å². The molecule has 3 rings (SSSR count). The molecule has 0 unspecified atom stereocenters. The SMILES string of the molecule is Cc1cc(OCC(N)=O)ccc1NC(=O)N[C@@H]1CCSc2c(F)cccc21. The van der Waals surface area contributed by atoms with Crippen molar-refractivity contribution in [3.8, 4) is 5.75 Å². The molecule has 0 radical (unpaired) electrons. The van der Waals surface area contributed by atoms with Crippen molar-refractivity contribution in [3.63, 3.8) is 0 Å². The number of fused-ring (bicyclic) bond motifs is 1. The van der Waals surface area contributed by atoms with Crippen LogP contribution in [0.15, 0.2) is 41.3 Å². The van der Waals surface area contributed by atoms with Gasteiger partial charge in [-0.3, -0.25) is 4.79 Å². The number of carbonyl (C=O) groups excluding carboxylic acids is 2. The minimum Gasteiger partial charge on any atom is -0.484 e. The van der Waals surface area contributed by atoms with Crippen LogP contribution in [0.25, 0.3) is 0 Å². The lowest BCUT2D eigenvalue weighted by Gasteiger charge is -2.26. The average Bonchev–Trinajstić information content (AvgIpc) is 2.63. The minimum atomic E-state index is -0.559. The van der Waals surface area contributed by atoms with Crippen LogP contribution in [0.4, 0.5) is 14.9 Å². The Labute approximate surface area is 160 Å². The summed E-state index contributed by atoms with van der Waals surface area (Å²) >= 11 is 1.47. The molecule has 0 aliphatic carbocycles. The van der Waals surface area contributed by atoms with Crippen LogP contribution in [-0.4, -0.2) is 24.3 Å². The maximum absolute atomic E-state index is 13.9. The number of nitrogens with two attached hydrogens (primary N) is 1. The van der Waals surface area contributed by atoms with Gasteiger partial charge in [0.1, 0.15) is 11.6 Å². The number of hydrogen-bond donors (Lipinski definition) is 3. The van der Waals surface area contributed by atoms with E-state index >= 15 is 0 Å². The van der Waals surface area contributed by atoms with Crippen molar-refractivity contribution in [2.45, 2.75) is 24.3 Å². The van der Waals surface area contributed by atoms with E-state index < -0.39 is 5.91 Å². The van der Waals surface area contributed by atoms with Crippen LogP contribution in [0.3, 0.4) is 0 Å². The van der Waals surface area contributed by atoms with Gasteiger partial charge in [-0.25, -0.2) is 9.18 Å². The number of aryl methyl sites for hydroxylation is 1. The number of primary amides is 1. The zero-order chi connectivity index (χ0) is 19.4. The molecule has 0 spiro atoms. The van der Waals surface area contributed by atoms with Gasteiger partial charge in [0.15, 0.2) is 6.61 Å². The summed E-state index contributed by atoms with van der Waals surface area (Å²) < 4.78 is 19.2. The van der Waals surface area contributed by atoms with E-state index in [4.69, 9.17) is 10.5 Å². The van der Waals surface area contributed by atoms with E-state index in [1.807, 2.05) is 13.0 Å². The van der Waals surface area contributed by atoms with Crippen LogP contribution in [0.2, 0.25) is 0 Å². The summed E-state index contributed by atoms with van der Waals surface area (Å²) in [5.41, 5.74) is 7.24. The molecule has 0 saturated heterocycles. The summed E-state index contributed by atoms with van der Waals surface area (Å²) in [6, 6.07) is 9.36. The van der Waals surface area contributed by atoms with Crippen molar-refractivity contribution < 1.29 is 18.7 Å². The molecule has 0 bridgehead atoms. The highest BCUT2D eigenvalue weighted by Gasteiger charge is 2.24. The number of rotatable bonds is 5. The molecule has 6 nitrogen and oxygen atoms in total. The van der Waals surface area contributed by atoms with Crippen LogP contribution in [0.1, 0.15) is 23.6 Å². The summed E-state index contributed by atoms with van der Waals surface area (Å²) in [5.74, 6) is 0.415. The fourth-order valence-electron chi connectivity index (χ4n) is 2.87. The topological polar surface area (TPSA) is 93.4 Å². The Bertz CT molecular complexity index is 875. The fraction of sp³-hybridized carbons (Fsp3) is 0.263. The molecule has 2 aromatic rings.